The number of nitrogens with zero attached hydrogens (tertiary/aromatic N) is 4. The van der Waals surface area contributed by atoms with Gasteiger partial charge in [-0.1, -0.05) is 17.8 Å². The van der Waals surface area contributed by atoms with Crippen LogP contribution >= 0.6 is 11.8 Å². The van der Waals surface area contributed by atoms with E-state index in [0.717, 1.165) is 28.5 Å². The van der Waals surface area contributed by atoms with Crippen molar-refractivity contribution in [3.63, 3.8) is 0 Å². The lowest BCUT2D eigenvalue weighted by atomic mass is 10.2. The standard InChI is InChI=1S/C18H19N5O3S/c1-11-7-12(2)23-17(20-11)21-18(22-23)27-6-5-16(24)19-9-13-3-4-14-15(8-13)26-10-25-14/h3-4,7-8H,5-6,9-10H2,1-2H3,(H,19,24). The first-order valence-electron chi connectivity index (χ1n) is 8.57. The molecule has 1 aromatic carbocycles. The predicted octanol–water partition coefficient (Wildman–Crippen LogP) is 2.27. The number of fused-ring (bicyclic) bond motifs is 2. The van der Waals surface area contributed by atoms with E-state index in [4.69, 9.17) is 9.47 Å². The molecular weight excluding hydrogens is 366 g/mol. The molecule has 2 aromatic heterocycles. The number of thioether (sulfide) groups is 1. The monoisotopic (exact) mass is 385 g/mol. The smallest absolute Gasteiger partial charge is 0.253 e. The first-order chi connectivity index (χ1) is 13.1. The maximum absolute atomic E-state index is 12.1. The predicted molar refractivity (Wildman–Crippen MR) is 100 cm³/mol. The van der Waals surface area contributed by atoms with Gasteiger partial charge in [0, 0.05) is 30.1 Å². The molecule has 27 heavy (non-hydrogen) atoms. The molecule has 0 radical (unpaired) electrons. The Labute approximate surface area is 160 Å². The second kappa shape index (κ2) is 7.43. The van der Waals surface area contributed by atoms with E-state index in [9.17, 15) is 4.79 Å². The summed E-state index contributed by atoms with van der Waals surface area (Å²) in [5, 5.41) is 7.96. The molecule has 0 unspecified atom stereocenters. The highest BCUT2D eigenvalue weighted by Crippen LogP contribution is 2.32. The maximum Gasteiger partial charge on any atom is 0.253 e. The van der Waals surface area contributed by atoms with E-state index >= 15 is 0 Å². The maximum atomic E-state index is 12.1. The van der Waals surface area contributed by atoms with E-state index < -0.39 is 0 Å². The molecule has 1 aliphatic rings. The molecule has 0 atom stereocenters. The quantitative estimate of drug-likeness (QED) is 0.651. The molecule has 1 N–H and O–H groups in total. The van der Waals surface area contributed by atoms with Gasteiger partial charge in [0.25, 0.3) is 5.78 Å². The summed E-state index contributed by atoms with van der Waals surface area (Å²) in [6.07, 6.45) is 0.385. The first kappa shape index (κ1) is 17.6. The van der Waals surface area contributed by atoms with Crippen LogP contribution in [0.3, 0.4) is 0 Å². The minimum absolute atomic E-state index is 0.0194. The van der Waals surface area contributed by atoms with Crippen LogP contribution in [0.25, 0.3) is 5.78 Å². The molecule has 1 amide bonds. The number of hydrogen-bond donors (Lipinski definition) is 1. The molecule has 3 aromatic rings. The van der Waals surface area contributed by atoms with Gasteiger partial charge >= 0.3 is 0 Å². The van der Waals surface area contributed by atoms with Crippen LogP contribution in [-0.2, 0) is 11.3 Å². The van der Waals surface area contributed by atoms with E-state index in [1.54, 1.807) is 4.52 Å². The molecule has 4 rings (SSSR count). The number of amides is 1. The van der Waals surface area contributed by atoms with Crippen molar-refractivity contribution in [3.8, 4) is 11.5 Å². The summed E-state index contributed by atoms with van der Waals surface area (Å²) in [6.45, 7) is 4.59. The van der Waals surface area contributed by atoms with Gasteiger partial charge in [0.1, 0.15) is 0 Å². The Morgan fingerprint density at radius 2 is 2.07 bits per heavy atom. The number of aryl methyl sites for hydroxylation is 2. The molecule has 0 saturated heterocycles. The molecule has 9 heteroatoms. The van der Waals surface area contributed by atoms with Gasteiger partial charge in [0.05, 0.1) is 0 Å². The van der Waals surface area contributed by atoms with Gasteiger partial charge in [-0.2, -0.15) is 4.98 Å². The van der Waals surface area contributed by atoms with Crippen molar-refractivity contribution in [1.29, 1.82) is 0 Å². The Kier molecular flexibility index (Phi) is 4.85. The van der Waals surface area contributed by atoms with Crippen molar-refractivity contribution < 1.29 is 14.3 Å². The van der Waals surface area contributed by atoms with E-state index in [1.165, 1.54) is 11.8 Å². The van der Waals surface area contributed by atoms with E-state index in [0.29, 0.717) is 29.7 Å². The highest BCUT2D eigenvalue weighted by atomic mass is 32.2. The summed E-state index contributed by atoms with van der Waals surface area (Å²) < 4.78 is 12.3. The number of carbonyl (C=O) groups excluding carboxylic acids is 1. The third-order valence-corrected chi connectivity index (χ3v) is 4.93. The van der Waals surface area contributed by atoms with Crippen LogP contribution in [0.1, 0.15) is 23.4 Å². The average Bonchev–Trinajstić information content (AvgIpc) is 3.26. The van der Waals surface area contributed by atoms with E-state index in [2.05, 4.69) is 20.4 Å². The lowest BCUT2D eigenvalue weighted by molar-refractivity contribution is -0.120. The fourth-order valence-corrected chi connectivity index (χ4v) is 3.54. The second-order valence-electron chi connectivity index (χ2n) is 6.21. The highest BCUT2D eigenvalue weighted by molar-refractivity contribution is 7.99. The zero-order valence-corrected chi connectivity index (χ0v) is 15.9. The van der Waals surface area contributed by atoms with Crippen LogP contribution in [0.4, 0.5) is 0 Å². The molecule has 8 nitrogen and oxygen atoms in total. The van der Waals surface area contributed by atoms with Gasteiger partial charge in [-0.25, -0.2) is 9.50 Å². The summed E-state index contributed by atoms with van der Waals surface area (Å²) in [4.78, 5) is 20.8. The second-order valence-corrected chi connectivity index (χ2v) is 7.27. The van der Waals surface area contributed by atoms with Gasteiger partial charge in [0.15, 0.2) is 11.5 Å². The van der Waals surface area contributed by atoms with Crippen LogP contribution in [0, 0.1) is 13.8 Å². The van der Waals surface area contributed by atoms with Gasteiger partial charge in [-0.15, -0.1) is 5.10 Å². The normalized spacial score (nSPS) is 12.5. The Hall–Kier alpha value is -2.81. The number of carbonyl (C=O) groups is 1. The third kappa shape index (κ3) is 3.97. The molecule has 0 bridgehead atoms. The van der Waals surface area contributed by atoms with Crippen LogP contribution in [0.15, 0.2) is 29.4 Å². The van der Waals surface area contributed by atoms with Gasteiger partial charge in [0.2, 0.25) is 17.9 Å². The van der Waals surface area contributed by atoms with Crippen molar-refractivity contribution in [2.24, 2.45) is 0 Å². The molecular formula is C18H19N5O3S. The molecule has 0 fully saturated rings. The summed E-state index contributed by atoms with van der Waals surface area (Å²) in [6, 6.07) is 7.61. The first-order valence-corrected chi connectivity index (χ1v) is 9.56. The van der Waals surface area contributed by atoms with Gasteiger partial charge in [-0.05, 0) is 37.6 Å². The molecule has 3 heterocycles. The van der Waals surface area contributed by atoms with Crippen LogP contribution in [0.2, 0.25) is 0 Å². The minimum atomic E-state index is -0.0194. The zero-order valence-electron chi connectivity index (χ0n) is 15.1. The van der Waals surface area contributed by atoms with E-state index in [1.807, 2.05) is 38.1 Å². The lowest BCUT2D eigenvalue weighted by Crippen LogP contribution is -2.22. The number of benzene rings is 1. The SMILES string of the molecule is Cc1cc(C)n2nc(SCCC(=O)NCc3ccc4c(c3)OCO4)nc2n1. The summed E-state index contributed by atoms with van der Waals surface area (Å²) in [5.74, 6) is 2.62. The third-order valence-electron chi connectivity index (χ3n) is 4.09. The van der Waals surface area contributed by atoms with Crippen molar-refractivity contribution in [2.45, 2.75) is 32.0 Å². The van der Waals surface area contributed by atoms with E-state index in [-0.39, 0.29) is 12.7 Å². The molecule has 140 valence electrons. The summed E-state index contributed by atoms with van der Waals surface area (Å²) in [7, 11) is 0. The lowest BCUT2D eigenvalue weighted by Gasteiger charge is -2.05. The highest BCUT2D eigenvalue weighted by Gasteiger charge is 2.13. The number of hydrogen-bond acceptors (Lipinski definition) is 7. The Balaban J connectivity index is 1.26. The Morgan fingerprint density at radius 1 is 1.22 bits per heavy atom. The number of aromatic nitrogens is 4. The topological polar surface area (TPSA) is 90.6 Å². The van der Waals surface area contributed by atoms with Crippen LogP contribution in [-0.4, -0.2) is 38.0 Å². The summed E-state index contributed by atoms with van der Waals surface area (Å²) in [5.41, 5.74) is 2.87. The summed E-state index contributed by atoms with van der Waals surface area (Å²) >= 11 is 1.45. The number of rotatable bonds is 6. The Morgan fingerprint density at radius 3 is 2.96 bits per heavy atom. The largest absolute Gasteiger partial charge is 0.454 e. The van der Waals surface area contributed by atoms with Crippen molar-refractivity contribution in [2.75, 3.05) is 12.5 Å². The number of ether oxygens (including phenoxy) is 2. The molecule has 1 aliphatic heterocycles. The average molecular weight is 385 g/mol. The van der Waals surface area contributed by atoms with Crippen molar-refractivity contribution in [3.05, 3.63) is 41.2 Å². The Bertz CT molecular complexity index is 1000. The molecule has 0 aliphatic carbocycles. The van der Waals surface area contributed by atoms with Crippen LogP contribution in [0.5, 0.6) is 11.5 Å². The minimum Gasteiger partial charge on any atom is -0.454 e. The fraction of sp³-hybridized carbons (Fsp3) is 0.333. The number of nitrogens with one attached hydrogen (secondary N) is 1. The van der Waals surface area contributed by atoms with Crippen molar-refractivity contribution in [1.82, 2.24) is 24.9 Å². The van der Waals surface area contributed by atoms with Crippen LogP contribution < -0.4 is 14.8 Å². The van der Waals surface area contributed by atoms with Crippen molar-refractivity contribution >= 4 is 23.4 Å². The fourth-order valence-electron chi connectivity index (χ4n) is 2.78. The molecule has 0 spiro atoms. The van der Waals surface area contributed by atoms with Gasteiger partial charge in [-0.3, -0.25) is 4.79 Å². The zero-order chi connectivity index (χ0) is 18.8. The van der Waals surface area contributed by atoms with Gasteiger partial charge < -0.3 is 14.8 Å². The molecule has 0 saturated carbocycles.